The van der Waals surface area contributed by atoms with Crippen molar-refractivity contribution >= 4 is 21.6 Å². The molecule has 3 rings (SSSR count). The van der Waals surface area contributed by atoms with Crippen molar-refractivity contribution < 1.29 is 13.2 Å². The third-order valence-electron chi connectivity index (χ3n) is 5.25. The maximum absolute atomic E-state index is 12.9. The molecule has 0 spiro atoms. The SMILES string of the molecule is CC(=O)N1c2ccc(S(=O)(=O)N[C@@H](C)c3c(C)nn(C)c3C)cc2C[C@H]1C. The largest absolute Gasteiger partial charge is 0.309 e. The summed E-state index contributed by atoms with van der Waals surface area (Å²) in [5, 5.41) is 4.36. The van der Waals surface area contributed by atoms with Crippen LogP contribution in [0.5, 0.6) is 0 Å². The topological polar surface area (TPSA) is 84.3 Å². The molecule has 2 aromatic rings. The van der Waals surface area contributed by atoms with E-state index in [1.165, 1.54) is 6.92 Å². The summed E-state index contributed by atoms with van der Waals surface area (Å²) in [4.78, 5) is 13.8. The number of sulfonamides is 1. The summed E-state index contributed by atoms with van der Waals surface area (Å²) in [5.74, 6) is -0.0360. The number of hydrogen-bond donors (Lipinski definition) is 1. The Hall–Kier alpha value is -2.19. The molecule has 2 heterocycles. The Morgan fingerprint density at radius 3 is 2.56 bits per heavy atom. The molecule has 0 saturated heterocycles. The van der Waals surface area contributed by atoms with Gasteiger partial charge in [-0.15, -0.1) is 0 Å². The number of nitrogens with zero attached hydrogens (tertiary/aromatic N) is 3. The number of carbonyl (C=O) groups excluding carboxylic acids is 1. The van der Waals surface area contributed by atoms with Crippen molar-refractivity contribution in [2.75, 3.05) is 4.90 Å². The van der Waals surface area contributed by atoms with Gasteiger partial charge in [-0.2, -0.15) is 5.10 Å². The first-order chi connectivity index (χ1) is 12.5. The number of aryl methyl sites for hydroxylation is 2. The number of rotatable bonds is 4. The number of fused-ring (bicyclic) bond motifs is 1. The second kappa shape index (κ2) is 6.76. The van der Waals surface area contributed by atoms with Crippen molar-refractivity contribution in [2.24, 2.45) is 7.05 Å². The van der Waals surface area contributed by atoms with Crippen LogP contribution < -0.4 is 9.62 Å². The van der Waals surface area contributed by atoms with Crippen molar-refractivity contribution in [1.82, 2.24) is 14.5 Å². The highest BCUT2D eigenvalue weighted by Crippen LogP contribution is 2.34. The normalized spacial score (nSPS) is 17.9. The number of benzene rings is 1. The number of amides is 1. The summed E-state index contributed by atoms with van der Waals surface area (Å²) < 4.78 is 30.4. The van der Waals surface area contributed by atoms with Gasteiger partial charge in [-0.1, -0.05) is 0 Å². The van der Waals surface area contributed by atoms with E-state index in [9.17, 15) is 13.2 Å². The molecule has 1 aromatic carbocycles. The second-order valence-corrected chi connectivity index (χ2v) is 9.00. The minimum atomic E-state index is -3.70. The number of nitrogens with one attached hydrogen (secondary N) is 1. The molecular weight excluding hydrogens is 364 g/mol. The van der Waals surface area contributed by atoms with Gasteiger partial charge in [-0.05, 0) is 57.9 Å². The standard InChI is InChI=1S/C19H26N4O3S/c1-11-9-16-10-17(7-8-18(16)23(11)15(5)24)27(25,26)21-13(3)19-12(2)20-22(6)14(19)4/h7-8,10-11,13,21H,9H2,1-6H3/t11-,13+/m1/s1. The molecule has 1 amide bonds. The maximum Gasteiger partial charge on any atom is 0.241 e. The molecule has 7 nitrogen and oxygen atoms in total. The van der Waals surface area contributed by atoms with Gasteiger partial charge in [-0.3, -0.25) is 9.48 Å². The van der Waals surface area contributed by atoms with Crippen LogP contribution in [0.4, 0.5) is 5.69 Å². The second-order valence-electron chi connectivity index (χ2n) is 7.28. The summed E-state index contributed by atoms with van der Waals surface area (Å²) in [6.07, 6.45) is 0.647. The minimum absolute atomic E-state index is 0.0306. The van der Waals surface area contributed by atoms with Gasteiger partial charge >= 0.3 is 0 Å². The van der Waals surface area contributed by atoms with E-state index in [1.54, 1.807) is 27.8 Å². The van der Waals surface area contributed by atoms with Crippen molar-refractivity contribution in [2.45, 2.75) is 58.0 Å². The Labute approximate surface area is 160 Å². The predicted molar refractivity (Wildman–Crippen MR) is 104 cm³/mol. The Morgan fingerprint density at radius 1 is 1.33 bits per heavy atom. The molecule has 1 aromatic heterocycles. The summed E-state index contributed by atoms with van der Waals surface area (Å²) in [6, 6.07) is 4.59. The lowest BCUT2D eigenvalue weighted by molar-refractivity contribution is -0.116. The first-order valence-corrected chi connectivity index (χ1v) is 10.5. The van der Waals surface area contributed by atoms with E-state index < -0.39 is 16.1 Å². The third-order valence-corrected chi connectivity index (χ3v) is 6.78. The summed E-state index contributed by atoms with van der Waals surface area (Å²) in [6.45, 7) is 9.11. The molecule has 2 atom stereocenters. The lowest BCUT2D eigenvalue weighted by Gasteiger charge is -2.20. The van der Waals surface area contributed by atoms with E-state index in [4.69, 9.17) is 0 Å². The lowest BCUT2D eigenvalue weighted by Crippen LogP contribution is -2.33. The average Bonchev–Trinajstić information content (AvgIpc) is 3.01. The van der Waals surface area contributed by atoms with E-state index in [1.807, 2.05) is 34.7 Å². The van der Waals surface area contributed by atoms with Gasteiger partial charge in [-0.25, -0.2) is 13.1 Å². The highest BCUT2D eigenvalue weighted by atomic mass is 32.2. The van der Waals surface area contributed by atoms with Gasteiger partial charge in [0.1, 0.15) is 0 Å². The fourth-order valence-corrected chi connectivity index (χ4v) is 5.29. The first-order valence-electron chi connectivity index (χ1n) is 8.98. The molecular formula is C19H26N4O3S. The number of hydrogen-bond acceptors (Lipinski definition) is 4. The first kappa shape index (κ1) is 19.6. The molecule has 0 bridgehead atoms. The maximum atomic E-state index is 12.9. The van der Waals surface area contributed by atoms with Gasteiger partial charge in [0.2, 0.25) is 15.9 Å². The van der Waals surface area contributed by atoms with Crippen LogP contribution in [0.1, 0.15) is 49.3 Å². The fraction of sp³-hybridized carbons (Fsp3) is 0.474. The fourth-order valence-electron chi connectivity index (χ4n) is 4.03. The number of aromatic nitrogens is 2. The van der Waals surface area contributed by atoms with Crippen molar-refractivity contribution in [3.05, 3.63) is 40.7 Å². The Kier molecular flexibility index (Phi) is 4.90. The zero-order valence-corrected chi connectivity index (χ0v) is 17.4. The molecule has 1 aliphatic rings. The molecule has 1 N–H and O–H groups in total. The molecule has 0 unspecified atom stereocenters. The van der Waals surface area contributed by atoms with Crippen LogP contribution in [-0.4, -0.2) is 30.1 Å². The van der Waals surface area contributed by atoms with Gasteiger partial charge in [0.05, 0.1) is 10.6 Å². The number of anilines is 1. The smallest absolute Gasteiger partial charge is 0.241 e. The predicted octanol–water partition coefficient (Wildman–Crippen LogP) is 2.37. The van der Waals surface area contributed by atoms with Crippen LogP contribution in [0.15, 0.2) is 23.1 Å². The molecule has 1 aliphatic heterocycles. The van der Waals surface area contributed by atoms with E-state index in [0.29, 0.717) is 6.42 Å². The molecule has 0 radical (unpaired) electrons. The van der Waals surface area contributed by atoms with Crippen molar-refractivity contribution in [1.29, 1.82) is 0 Å². The molecule has 0 fully saturated rings. The van der Waals surface area contributed by atoms with Gasteiger partial charge in [0.25, 0.3) is 0 Å². The Morgan fingerprint density at radius 2 is 2.00 bits per heavy atom. The van der Waals surface area contributed by atoms with Crippen LogP contribution >= 0.6 is 0 Å². The summed E-state index contributed by atoms with van der Waals surface area (Å²) >= 11 is 0. The minimum Gasteiger partial charge on any atom is -0.309 e. The van der Waals surface area contributed by atoms with E-state index in [2.05, 4.69) is 9.82 Å². The van der Waals surface area contributed by atoms with E-state index >= 15 is 0 Å². The molecule has 27 heavy (non-hydrogen) atoms. The quantitative estimate of drug-likeness (QED) is 0.869. The van der Waals surface area contributed by atoms with Gasteiger partial charge in [0, 0.05) is 43.0 Å². The van der Waals surface area contributed by atoms with Crippen molar-refractivity contribution in [3.63, 3.8) is 0 Å². The lowest BCUT2D eigenvalue weighted by atomic mass is 10.1. The molecule has 146 valence electrons. The Balaban J connectivity index is 1.90. The zero-order valence-electron chi connectivity index (χ0n) is 16.6. The molecule has 8 heteroatoms. The van der Waals surface area contributed by atoms with Crippen LogP contribution in [0.25, 0.3) is 0 Å². The van der Waals surface area contributed by atoms with Gasteiger partial charge < -0.3 is 4.90 Å². The van der Waals surface area contributed by atoms with Crippen LogP contribution in [-0.2, 0) is 28.3 Å². The van der Waals surface area contributed by atoms with E-state index in [-0.39, 0.29) is 16.8 Å². The Bertz CT molecular complexity index is 1010. The van der Waals surface area contributed by atoms with E-state index in [0.717, 1.165) is 28.2 Å². The van der Waals surface area contributed by atoms with Crippen LogP contribution in [0.2, 0.25) is 0 Å². The van der Waals surface area contributed by atoms with Crippen molar-refractivity contribution in [3.8, 4) is 0 Å². The third kappa shape index (κ3) is 3.39. The molecule has 0 aliphatic carbocycles. The van der Waals surface area contributed by atoms with Crippen LogP contribution in [0, 0.1) is 13.8 Å². The molecule has 0 saturated carbocycles. The average molecular weight is 391 g/mol. The monoisotopic (exact) mass is 390 g/mol. The zero-order chi connectivity index (χ0) is 20.1. The highest BCUT2D eigenvalue weighted by Gasteiger charge is 2.31. The van der Waals surface area contributed by atoms with Gasteiger partial charge in [0.15, 0.2) is 0 Å². The van der Waals surface area contributed by atoms with Crippen LogP contribution in [0.3, 0.4) is 0 Å². The summed E-state index contributed by atoms with van der Waals surface area (Å²) in [5.41, 5.74) is 4.30. The number of carbonyl (C=O) groups is 1. The summed E-state index contributed by atoms with van der Waals surface area (Å²) in [7, 11) is -1.86. The highest BCUT2D eigenvalue weighted by molar-refractivity contribution is 7.89.